The van der Waals surface area contributed by atoms with E-state index in [2.05, 4.69) is 22.8 Å². The topological polar surface area (TPSA) is 17.8 Å². The van der Waals surface area contributed by atoms with Gasteiger partial charge in [0.1, 0.15) is 11.6 Å². The van der Waals surface area contributed by atoms with Crippen molar-refractivity contribution in [3.8, 4) is 0 Å². The predicted octanol–water partition coefficient (Wildman–Crippen LogP) is 5.27. The molecular weight excluding hydrogens is 287 g/mol. The fourth-order valence-corrected chi connectivity index (χ4v) is 3.75. The molecule has 0 radical (unpaired) electrons. The standard InChI is InChI=1S/C20H21FN2/c21-17-10-6-7-15(13-17)14-23-19-12-5-4-11-18(19)22-20(23)16-8-2-1-3-9-16/h4-7,10-13,16H,1-3,8-9,14H2. The number of imidazole rings is 1. The summed E-state index contributed by atoms with van der Waals surface area (Å²) in [7, 11) is 0. The van der Waals surface area contributed by atoms with Crippen molar-refractivity contribution in [2.45, 2.75) is 44.6 Å². The van der Waals surface area contributed by atoms with Crippen LogP contribution in [0.2, 0.25) is 0 Å². The second kappa shape index (κ2) is 6.15. The van der Waals surface area contributed by atoms with E-state index in [0.717, 1.165) is 16.6 Å². The van der Waals surface area contributed by atoms with Gasteiger partial charge in [0, 0.05) is 12.5 Å². The number of fused-ring (bicyclic) bond motifs is 1. The summed E-state index contributed by atoms with van der Waals surface area (Å²) >= 11 is 0. The third-order valence-corrected chi connectivity index (χ3v) is 4.88. The first-order valence-electron chi connectivity index (χ1n) is 8.51. The number of para-hydroxylation sites is 2. The van der Waals surface area contributed by atoms with Crippen molar-refractivity contribution in [2.24, 2.45) is 0 Å². The lowest BCUT2D eigenvalue weighted by molar-refractivity contribution is 0.420. The lowest BCUT2D eigenvalue weighted by Crippen LogP contribution is -2.13. The van der Waals surface area contributed by atoms with Gasteiger partial charge in [-0.2, -0.15) is 0 Å². The molecule has 4 rings (SSSR count). The van der Waals surface area contributed by atoms with Gasteiger partial charge in [-0.1, -0.05) is 43.5 Å². The summed E-state index contributed by atoms with van der Waals surface area (Å²) in [5.41, 5.74) is 3.19. The van der Waals surface area contributed by atoms with Crippen LogP contribution >= 0.6 is 0 Å². The zero-order valence-electron chi connectivity index (χ0n) is 13.2. The number of aromatic nitrogens is 2. The van der Waals surface area contributed by atoms with Crippen LogP contribution in [0.1, 0.15) is 49.4 Å². The summed E-state index contributed by atoms with van der Waals surface area (Å²) in [5, 5.41) is 0. The van der Waals surface area contributed by atoms with Gasteiger partial charge in [-0.05, 0) is 42.7 Å². The highest BCUT2D eigenvalue weighted by Gasteiger charge is 2.22. The maximum absolute atomic E-state index is 13.5. The number of benzene rings is 2. The summed E-state index contributed by atoms with van der Waals surface area (Å²) in [6.45, 7) is 0.685. The van der Waals surface area contributed by atoms with Crippen molar-refractivity contribution < 1.29 is 4.39 Å². The molecule has 1 aromatic heterocycles. The lowest BCUT2D eigenvalue weighted by atomic mass is 9.88. The summed E-state index contributed by atoms with van der Waals surface area (Å²) in [6, 6.07) is 15.2. The van der Waals surface area contributed by atoms with Crippen molar-refractivity contribution in [3.63, 3.8) is 0 Å². The van der Waals surface area contributed by atoms with Crippen molar-refractivity contribution in [1.29, 1.82) is 0 Å². The van der Waals surface area contributed by atoms with E-state index >= 15 is 0 Å². The van der Waals surface area contributed by atoms with E-state index in [9.17, 15) is 4.39 Å². The molecule has 1 fully saturated rings. The first-order valence-corrected chi connectivity index (χ1v) is 8.51. The molecule has 1 aliphatic carbocycles. The fraction of sp³-hybridized carbons (Fsp3) is 0.350. The van der Waals surface area contributed by atoms with E-state index in [0.29, 0.717) is 12.5 Å². The molecule has 2 aromatic carbocycles. The zero-order chi connectivity index (χ0) is 15.6. The summed E-state index contributed by atoms with van der Waals surface area (Å²) in [6.07, 6.45) is 6.33. The highest BCUT2D eigenvalue weighted by atomic mass is 19.1. The first-order chi connectivity index (χ1) is 11.3. The summed E-state index contributed by atoms with van der Waals surface area (Å²) in [4.78, 5) is 4.92. The van der Waals surface area contributed by atoms with Crippen LogP contribution in [0.5, 0.6) is 0 Å². The van der Waals surface area contributed by atoms with Gasteiger partial charge in [-0.15, -0.1) is 0 Å². The van der Waals surface area contributed by atoms with Crippen LogP contribution in [-0.2, 0) is 6.54 Å². The SMILES string of the molecule is Fc1cccc(Cn2c(C3CCCCC3)nc3ccccc32)c1. The van der Waals surface area contributed by atoms with Crippen molar-refractivity contribution >= 4 is 11.0 Å². The average molecular weight is 308 g/mol. The maximum Gasteiger partial charge on any atom is 0.123 e. The van der Waals surface area contributed by atoms with Crippen LogP contribution in [0.15, 0.2) is 48.5 Å². The van der Waals surface area contributed by atoms with Gasteiger partial charge >= 0.3 is 0 Å². The van der Waals surface area contributed by atoms with E-state index in [1.54, 1.807) is 12.1 Å². The van der Waals surface area contributed by atoms with E-state index in [1.807, 2.05) is 12.1 Å². The van der Waals surface area contributed by atoms with Crippen molar-refractivity contribution in [3.05, 3.63) is 65.7 Å². The van der Waals surface area contributed by atoms with E-state index in [4.69, 9.17) is 4.98 Å². The molecule has 0 aliphatic heterocycles. The molecular formula is C20H21FN2. The highest BCUT2D eigenvalue weighted by molar-refractivity contribution is 5.76. The minimum absolute atomic E-state index is 0.175. The predicted molar refractivity (Wildman–Crippen MR) is 91.1 cm³/mol. The Kier molecular flexibility index (Phi) is 3.86. The molecule has 0 unspecified atom stereocenters. The summed E-state index contributed by atoms with van der Waals surface area (Å²) in [5.74, 6) is 1.53. The normalized spacial score (nSPS) is 16.0. The molecule has 0 N–H and O–H groups in total. The van der Waals surface area contributed by atoms with Crippen LogP contribution in [0.4, 0.5) is 4.39 Å². The molecule has 2 nitrogen and oxygen atoms in total. The smallest absolute Gasteiger partial charge is 0.123 e. The molecule has 0 amide bonds. The quantitative estimate of drug-likeness (QED) is 0.644. The van der Waals surface area contributed by atoms with Crippen LogP contribution in [0, 0.1) is 5.82 Å². The zero-order valence-corrected chi connectivity index (χ0v) is 13.2. The first kappa shape index (κ1) is 14.4. The molecule has 1 aliphatic rings. The lowest BCUT2D eigenvalue weighted by Gasteiger charge is -2.22. The number of hydrogen-bond donors (Lipinski definition) is 0. The Hall–Kier alpha value is -2.16. The molecule has 3 aromatic rings. The van der Waals surface area contributed by atoms with Crippen molar-refractivity contribution in [2.75, 3.05) is 0 Å². The van der Waals surface area contributed by atoms with Gasteiger partial charge in [0.15, 0.2) is 0 Å². The van der Waals surface area contributed by atoms with E-state index < -0.39 is 0 Å². The average Bonchev–Trinajstić information content (AvgIpc) is 2.95. The second-order valence-corrected chi connectivity index (χ2v) is 6.51. The van der Waals surface area contributed by atoms with E-state index in [-0.39, 0.29) is 5.82 Å². The molecule has 0 saturated heterocycles. The highest BCUT2D eigenvalue weighted by Crippen LogP contribution is 2.34. The van der Waals surface area contributed by atoms with Crippen LogP contribution in [0.3, 0.4) is 0 Å². The minimum atomic E-state index is -0.175. The molecule has 0 spiro atoms. The summed E-state index contributed by atoms with van der Waals surface area (Å²) < 4.78 is 15.8. The third-order valence-electron chi connectivity index (χ3n) is 4.88. The minimum Gasteiger partial charge on any atom is -0.323 e. The van der Waals surface area contributed by atoms with Gasteiger partial charge in [0.25, 0.3) is 0 Å². The Morgan fingerprint density at radius 2 is 1.83 bits per heavy atom. The molecule has 118 valence electrons. The van der Waals surface area contributed by atoms with Crippen LogP contribution in [0.25, 0.3) is 11.0 Å². The third kappa shape index (κ3) is 2.88. The van der Waals surface area contributed by atoms with Gasteiger partial charge in [-0.25, -0.2) is 9.37 Å². The Morgan fingerprint density at radius 1 is 1.00 bits per heavy atom. The second-order valence-electron chi connectivity index (χ2n) is 6.51. The largest absolute Gasteiger partial charge is 0.323 e. The Balaban J connectivity index is 1.79. The Morgan fingerprint density at radius 3 is 2.65 bits per heavy atom. The molecule has 0 bridgehead atoms. The van der Waals surface area contributed by atoms with Gasteiger partial charge in [0.2, 0.25) is 0 Å². The Labute approximate surface area is 136 Å². The van der Waals surface area contributed by atoms with Crippen LogP contribution < -0.4 is 0 Å². The molecule has 1 heterocycles. The molecule has 1 saturated carbocycles. The Bertz CT molecular complexity index is 815. The molecule has 0 atom stereocenters. The number of nitrogens with zero attached hydrogens (tertiary/aromatic N) is 2. The molecule has 3 heteroatoms. The van der Waals surface area contributed by atoms with Gasteiger partial charge in [-0.3, -0.25) is 0 Å². The maximum atomic E-state index is 13.5. The van der Waals surface area contributed by atoms with Gasteiger partial charge < -0.3 is 4.57 Å². The molecule has 23 heavy (non-hydrogen) atoms. The fourth-order valence-electron chi connectivity index (χ4n) is 3.75. The van der Waals surface area contributed by atoms with Gasteiger partial charge in [0.05, 0.1) is 11.0 Å². The monoisotopic (exact) mass is 308 g/mol. The number of halogens is 1. The number of hydrogen-bond acceptors (Lipinski definition) is 1. The van der Waals surface area contributed by atoms with E-state index in [1.165, 1.54) is 44.0 Å². The van der Waals surface area contributed by atoms with Crippen molar-refractivity contribution in [1.82, 2.24) is 9.55 Å². The van der Waals surface area contributed by atoms with Crippen LogP contribution in [-0.4, -0.2) is 9.55 Å². The number of rotatable bonds is 3.